The van der Waals surface area contributed by atoms with Gasteiger partial charge >= 0.3 is 5.97 Å². The van der Waals surface area contributed by atoms with Crippen molar-refractivity contribution in [1.29, 1.82) is 5.26 Å². The van der Waals surface area contributed by atoms with Crippen molar-refractivity contribution in [3.8, 4) is 29.8 Å². The Balaban J connectivity index is -0.000000357. The molecular formula is C22H37NO4. The maximum atomic E-state index is 9.96. The SMILES string of the molecule is CCCCCCCC#CC(=O)O.CCCCCCCC#CCO.N#CCO. The Morgan fingerprint density at radius 1 is 0.741 bits per heavy atom. The zero-order valence-corrected chi connectivity index (χ0v) is 17.1. The van der Waals surface area contributed by atoms with E-state index in [2.05, 4.69) is 37.5 Å². The fourth-order valence-electron chi connectivity index (χ4n) is 1.92. The molecule has 0 radical (unpaired) electrons. The molecule has 0 rings (SSSR count). The maximum absolute atomic E-state index is 9.96. The van der Waals surface area contributed by atoms with Crippen LogP contribution in [0.4, 0.5) is 0 Å². The van der Waals surface area contributed by atoms with Gasteiger partial charge in [-0.05, 0) is 12.8 Å². The Morgan fingerprint density at radius 2 is 1.19 bits per heavy atom. The molecule has 0 aromatic heterocycles. The van der Waals surface area contributed by atoms with E-state index in [-0.39, 0.29) is 13.2 Å². The molecule has 0 atom stereocenters. The summed E-state index contributed by atoms with van der Waals surface area (Å²) in [5.74, 6) is 9.25. The molecule has 0 spiro atoms. The highest BCUT2D eigenvalue weighted by atomic mass is 16.4. The quantitative estimate of drug-likeness (QED) is 0.299. The summed E-state index contributed by atoms with van der Waals surface area (Å²) in [4.78, 5) is 9.96. The number of carboxylic acids is 1. The molecule has 0 aromatic carbocycles. The van der Waals surface area contributed by atoms with Gasteiger partial charge in [0.1, 0.15) is 13.2 Å². The number of aliphatic hydroxyl groups is 2. The fraction of sp³-hybridized carbons (Fsp3) is 0.727. The van der Waals surface area contributed by atoms with Crippen LogP contribution in [0.3, 0.4) is 0 Å². The first-order valence-corrected chi connectivity index (χ1v) is 9.86. The van der Waals surface area contributed by atoms with Crippen LogP contribution in [-0.2, 0) is 4.79 Å². The van der Waals surface area contributed by atoms with Crippen LogP contribution in [0.15, 0.2) is 0 Å². The van der Waals surface area contributed by atoms with E-state index in [0.717, 1.165) is 19.3 Å². The van der Waals surface area contributed by atoms with Crippen LogP contribution in [-0.4, -0.2) is 34.5 Å². The van der Waals surface area contributed by atoms with Gasteiger partial charge in [-0.1, -0.05) is 77.1 Å². The van der Waals surface area contributed by atoms with Crippen molar-refractivity contribution < 1.29 is 20.1 Å². The van der Waals surface area contributed by atoms with E-state index in [1.807, 2.05) is 0 Å². The van der Waals surface area contributed by atoms with Crippen LogP contribution >= 0.6 is 0 Å². The number of nitrogens with zero attached hydrogens (tertiary/aromatic N) is 1. The van der Waals surface area contributed by atoms with Crippen LogP contribution in [0.1, 0.15) is 90.9 Å². The monoisotopic (exact) mass is 379 g/mol. The van der Waals surface area contributed by atoms with Gasteiger partial charge in [-0.25, -0.2) is 4.79 Å². The van der Waals surface area contributed by atoms with Crippen molar-refractivity contribution in [2.75, 3.05) is 13.2 Å². The molecule has 0 aliphatic heterocycles. The Kier molecular flexibility index (Phi) is 35.0. The minimum Gasteiger partial charge on any atom is -0.472 e. The first kappa shape index (κ1) is 29.8. The summed E-state index contributed by atoms with van der Waals surface area (Å²) in [6.45, 7) is 4.02. The van der Waals surface area contributed by atoms with Crippen LogP contribution < -0.4 is 0 Å². The summed E-state index contributed by atoms with van der Waals surface area (Å²) in [6.07, 6.45) is 14.1. The van der Waals surface area contributed by atoms with Gasteiger partial charge in [0, 0.05) is 18.8 Å². The van der Waals surface area contributed by atoms with Gasteiger partial charge in [0.2, 0.25) is 0 Å². The third-order valence-electron chi connectivity index (χ3n) is 3.28. The van der Waals surface area contributed by atoms with Crippen molar-refractivity contribution in [2.45, 2.75) is 90.9 Å². The molecule has 0 saturated heterocycles. The number of carboxylic acid groups (broad SMARTS) is 1. The zero-order chi connectivity index (χ0) is 21.0. The molecule has 0 aliphatic rings. The summed E-state index contributed by atoms with van der Waals surface area (Å²) in [7, 11) is 0. The van der Waals surface area contributed by atoms with E-state index >= 15 is 0 Å². The third-order valence-corrected chi connectivity index (χ3v) is 3.28. The predicted octanol–water partition coefficient (Wildman–Crippen LogP) is 4.28. The van der Waals surface area contributed by atoms with E-state index < -0.39 is 5.97 Å². The summed E-state index contributed by atoms with van der Waals surface area (Å²) in [6, 6.07) is 1.49. The standard InChI is InChI=1S/C10H16O2.C10H18O.C2H3NO/c1-2-3-4-5-6-7-8-9-10(11)12;1-2-3-4-5-6-7-8-9-10-11;3-1-2-4/h2-7H2,1H3,(H,11,12);11H,2-7,10H2,1H3;4H,2H2. The van der Waals surface area contributed by atoms with Crippen LogP contribution in [0.5, 0.6) is 0 Å². The number of aliphatic hydroxyl groups excluding tert-OH is 2. The van der Waals surface area contributed by atoms with Crippen molar-refractivity contribution in [3.63, 3.8) is 0 Å². The Bertz CT molecular complexity index is 461. The van der Waals surface area contributed by atoms with E-state index in [1.165, 1.54) is 63.9 Å². The van der Waals surface area contributed by atoms with Gasteiger partial charge in [0.25, 0.3) is 0 Å². The topological polar surface area (TPSA) is 102 Å². The molecule has 0 bridgehead atoms. The molecule has 3 N–H and O–H groups in total. The van der Waals surface area contributed by atoms with E-state index in [9.17, 15) is 4.79 Å². The molecule has 5 nitrogen and oxygen atoms in total. The lowest BCUT2D eigenvalue weighted by atomic mass is 10.1. The normalized spacial score (nSPS) is 8.26. The third kappa shape index (κ3) is 45.4. The lowest BCUT2D eigenvalue weighted by Gasteiger charge is -1.94. The number of rotatable bonds is 10. The van der Waals surface area contributed by atoms with Gasteiger partial charge in [0.05, 0.1) is 6.07 Å². The first-order chi connectivity index (χ1) is 13.1. The van der Waals surface area contributed by atoms with E-state index in [1.54, 1.807) is 0 Å². The van der Waals surface area contributed by atoms with Gasteiger partial charge in [-0.2, -0.15) is 5.26 Å². The summed E-state index contributed by atoms with van der Waals surface area (Å²) >= 11 is 0. The molecule has 0 heterocycles. The van der Waals surface area contributed by atoms with Crippen LogP contribution in [0, 0.1) is 35.0 Å². The van der Waals surface area contributed by atoms with Crippen molar-refractivity contribution in [1.82, 2.24) is 0 Å². The van der Waals surface area contributed by atoms with Crippen molar-refractivity contribution in [2.24, 2.45) is 0 Å². The Labute approximate surface area is 165 Å². The molecule has 0 unspecified atom stereocenters. The molecule has 0 amide bonds. The highest BCUT2D eigenvalue weighted by Gasteiger charge is 1.87. The maximum Gasteiger partial charge on any atom is 0.381 e. The van der Waals surface area contributed by atoms with Gasteiger partial charge in [-0.3, -0.25) is 0 Å². The number of unbranched alkanes of at least 4 members (excludes halogenated alkanes) is 10. The Morgan fingerprint density at radius 3 is 1.56 bits per heavy atom. The second-order valence-electron chi connectivity index (χ2n) is 5.76. The lowest BCUT2D eigenvalue weighted by Crippen LogP contribution is -1.86. The minimum absolute atomic E-state index is 0.00889. The summed E-state index contributed by atoms with van der Waals surface area (Å²) in [5.41, 5.74) is 0. The number of carbonyl (C=O) groups is 1. The smallest absolute Gasteiger partial charge is 0.381 e. The average Bonchev–Trinajstić information content (AvgIpc) is 2.67. The number of hydrogen-bond acceptors (Lipinski definition) is 4. The second kappa shape index (κ2) is 31.7. The number of hydrogen-bond donors (Lipinski definition) is 3. The van der Waals surface area contributed by atoms with Gasteiger partial charge in [0.15, 0.2) is 0 Å². The molecule has 5 heteroatoms. The lowest BCUT2D eigenvalue weighted by molar-refractivity contribution is -0.130. The molecule has 0 fully saturated rings. The minimum atomic E-state index is -1.02. The molecule has 154 valence electrons. The highest BCUT2D eigenvalue weighted by Crippen LogP contribution is 2.04. The molecule has 0 aromatic rings. The number of nitriles is 1. The second-order valence-corrected chi connectivity index (χ2v) is 5.76. The van der Waals surface area contributed by atoms with Gasteiger partial charge in [-0.15, -0.1) is 5.92 Å². The van der Waals surface area contributed by atoms with Crippen LogP contribution in [0.25, 0.3) is 0 Å². The molecule has 0 aliphatic carbocycles. The fourth-order valence-corrected chi connectivity index (χ4v) is 1.92. The summed E-state index contributed by atoms with van der Waals surface area (Å²) < 4.78 is 0. The van der Waals surface area contributed by atoms with Crippen molar-refractivity contribution >= 4 is 5.97 Å². The highest BCUT2D eigenvalue weighted by molar-refractivity contribution is 5.86. The summed E-state index contributed by atoms with van der Waals surface area (Å²) in [5, 5.41) is 31.4. The molecule has 0 saturated carbocycles. The average molecular weight is 380 g/mol. The largest absolute Gasteiger partial charge is 0.472 e. The molecular weight excluding hydrogens is 342 g/mol. The van der Waals surface area contributed by atoms with Crippen molar-refractivity contribution in [3.05, 3.63) is 0 Å². The zero-order valence-electron chi connectivity index (χ0n) is 17.1. The van der Waals surface area contributed by atoms with Crippen LogP contribution in [0.2, 0.25) is 0 Å². The van der Waals surface area contributed by atoms with E-state index in [0.29, 0.717) is 0 Å². The molecule has 27 heavy (non-hydrogen) atoms. The van der Waals surface area contributed by atoms with Gasteiger partial charge < -0.3 is 15.3 Å². The first-order valence-electron chi connectivity index (χ1n) is 9.86. The van der Waals surface area contributed by atoms with E-state index in [4.69, 9.17) is 20.6 Å². The number of aliphatic carboxylic acids is 1. The Hall–Kier alpha value is -2.00. The predicted molar refractivity (Wildman–Crippen MR) is 110 cm³/mol.